The van der Waals surface area contributed by atoms with Crippen molar-refractivity contribution in [1.29, 1.82) is 0 Å². The highest BCUT2D eigenvalue weighted by Crippen LogP contribution is 2.21. The second-order valence-corrected chi connectivity index (χ2v) is 5.67. The van der Waals surface area contributed by atoms with E-state index in [-0.39, 0.29) is 7.12 Å². The fraction of sp³-hybridized carbons (Fsp3) is 0.250. The SMILES string of the molecule is CC1COB(c2ccc(-c3ccc(Cl)cc3)cc2)OC1. The summed E-state index contributed by atoms with van der Waals surface area (Å²) in [6.45, 7) is 3.63. The van der Waals surface area contributed by atoms with E-state index in [9.17, 15) is 0 Å². The Morgan fingerprint density at radius 3 is 1.95 bits per heavy atom. The van der Waals surface area contributed by atoms with Gasteiger partial charge in [-0.15, -0.1) is 0 Å². The first-order valence-electron chi connectivity index (χ1n) is 6.81. The third-order valence-electron chi connectivity index (χ3n) is 3.42. The number of hydrogen-bond acceptors (Lipinski definition) is 2. The molecule has 0 spiro atoms. The van der Waals surface area contributed by atoms with Gasteiger partial charge in [0.15, 0.2) is 0 Å². The molecule has 2 aromatic rings. The van der Waals surface area contributed by atoms with Gasteiger partial charge in [-0.1, -0.05) is 54.9 Å². The topological polar surface area (TPSA) is 18.5 Å². The molecule has 1 heterocycles. The van der Waals surface area contributed by atoms with Crippen molar-refractivity contribution in [2.45, 2.75) is 6.92 Å². The van der Waals surface area contributed by atoms with Gasteiger partial charge in [0.05, 0.1) is 0 Å². The summed E-state index contributed by atoms with van der Waals surface area (Å²) < 4.78 is 11.4. The minimum atomic E-state index is -0.231. The summed E-state index contributed by atoms with van der Waals surface area (Å²) in [4.78, 5) is 0. The van der Waals surface area contributed by atoms with Crippen LogP contribution >= 0.6 is 11.6 Å². The van der Waals surface area contributed by atoms with Crippen LogP contribution in [-0.4, -0.2) is 20.3 Å². The van der Waals surface area contributed by atoms with Crippen LogP contribution in [0.25, 0.3) is 11.1 Å². The van der Waals surface area contributed by atoms with Crippen LogP contribution in [-0.2, 0) is 9.31 Å². The number of halogens is 1. The van der Waals surface area contributed by atoms with Crippen LogP contribution in [0.2, 0.25) is 5.02 Å². The lowest BCUT2D eigenvalue weighted by Crippen LogP contribution is -2.43. The summed E-state index contributed by atoms with van der Waals surface area (Å²) >= 11 is 5.90. The Morgan fingerprint density at radius 1 is 0.900 bits per heavy atom. The van der Waals surface area contributed by atoms with Crippen LogP contribution in [0.3, 0.4) is 0 Å². The van der Waals surface area contributed by atoms with E-state index in [1.165, 1.54) is 0 Å². The van der Waals surface area contributed by atoms with Crippen molar-refractivity contribution in [1.82, 2.24) is 0 Å². The highest BCUT2D eigenvalue weighted by Gasteiger charge is 2.27. The zero-order chi connectivity index (χ0) is 13.9. The summed E-state index contributed by atoms with van der Waals surface area (Å²) in [5.41, 5.74) is 3.38. The zero-order valence-corrected chi connectivity index (χ0v) is 12.1. The molecule has 0 bridgehead atoms. The average molecular weight is 287 g/mol. The quantitative estimate of drug-likeness (QED) is 0.788. The van der Waals surface area contributed by atoms with Crippen molar-refractivity contribution in [2.75, 3.05) is 13.2 Å². The van der Waals surface area contributed by atoms with Crippen LogP contribution in [0.1, 0.15) is 6.92 Å². The zero-order valence-electron chi connectivity index (χ0n) is 11.4. The summed E-state index contributed by atoms with van der Waals surface area (Å²) in [6, 6.07) is 16.1. The summed E-state index contributed by atoms with van der Waals surface area (Å²) in [5.74, 6) is 0.472. The normalized spacial score (nSPS) is 16.4. The molecule has 2 aromatic carbocycles. The molecule has 4 heteroatoms. The molecule has 20 heavy (non-hydrogen) atoms. The number of benzene rings is 2. The molecule has 1 fully saturated rings. The Hall–Kier alpha value is -1.29. The molecule has 3 rings (SSSR count). The second-order valence-electron chi connectivity index (χ2n) is 5.23. The predicted octanol–water partition coefficient (Wildman–Crippen LogP) is 3.39. The standard InChI is InChI=1S/C16H16BClO2/c1-12-10-19-17(20-11-12)15-6-2-13(3-7-15)14-4-8-16(18)9-5-14/h2-9,12H,10-11H2,1H3. The van der Waals surface area contributed by atoms with Gasteiger partial charge in [-0.05, 0) is 34.6 Å². The van der Waals surface area contributed by atoms with E-state index in [0.717, 1.165) is 34.8 Å². The monoisotopic (exact) mass is 286 g/mol. The Bertz CT molecular complexity index is 560. The van der Waals surface area contributed by atoms with Crippen molar-refractivity contribution in [2.24, 2.45) is 5.92 Å². The van der Waals surface area contributed by atoms with E-state index < -0.39 is 0 Å². The van der Waals surface area contributed by atoms with Gasteiger partial charge < -0.3 is 9.31 Å². The molecule has 1 saturated heterocycles. The second kappa shape index (κ2) is 6.00. The first kappa shape index (κ1) is 13.7. The van der Waals surface area contributed by atoms with E-state index in [1.807, 2.05) is 24.3 Å². The van der Waals surface area contributed by atoms with Crippen LogP contribution < -0.4 is 5.46 Å². The van der Waals surface area contributed by atoms with E-state index in [1.54, 1.807) is 0 Å². The van der Waals surface area contributed by atoms with Crippen molar-refractivity contribution in [3.63, 3.8) is 0 Å². The van der Waals surface area contributed by atoms with Gasteiger partial charge in [0.25, 0.3) is 0 Å². The molecular formula is C16H16BClO2. The fourth-order valence-electron chi connectivity index (χ4n) is 2.27. The third-order valence-corrected chi connectivity index (χ3v) is 3.68. The first-order chi connectivity index (χ1) is 9.72. The maximum absolute atomic E-state index is 5.90. The lowest BCUT2D eigenvalue weighted by molar-refractivity contribution is 0.0958. The molecule has 0 saturated carbocycles. The average Bonchev–Trinajstić information content (AvgIpc) is 2.49. The molecule has 1 aliphatic heterocycles. The largest absolute Gasteiger partial charge is 0.493 e. The van der Waals surface area contributed by atoms with Gasteiger partial charge in [-0.25, -0.2) is 0 Å². The Balaban J connectivity index is 1.76. The fourth-order valence-corrected chi connectivity index (χ4v) is 2.39. The highest BCUT2D eigenvalue weighted by molar-refractivity contribution is 6.61. The minimum Gasteiger partial charge on any atom is -0.407 e. The van der Waals surface area contributed by atoms with Crippen LogP contribution in [0.4, 0.5) is 0 Å². The van der Waals surface area contributed by atoms with Crippen LogP contribution in [0, 0.1) is 5.92 Å². The van der Waals surface area contributed by atoms with E-state index in [0.29, 0.717) is 5.92 Å². The Kier molecular flexibility index (Phi) is 4.11. The molecule has 0 amide bonds. The van der Waals surface area contributed by atoms with Crippen molar-refractivity contribution in [3.05, 3.63) is 53.6 Å². The highest BCUT2D eigenvalue weighted by atomic mass is 35.5. The van der Waals surface area contributed by atoms with Crippen LogP contribution in [0.15, 0.2) is 48.5 Å². The molecule has 102 valence electrons. The summed E-state index contributed by atoms with van der Waals surface area (Å²) in [7, 11) is -0.231. The third kappa shape index (κ3) is 3.06. The molecule has 2 nitrogen and oxygen atoms in total. The summed E-state index contributed by atoms with van der Waals surface area (Å²) in [6.07, 6.45) is 0. The van der Waals surface area contributed by atoms with Crippen molar-refractivity contribution in [3.8, 4) is 11.1 Å². The maximum atomic E-state index is 5.90. The molecule has 0 aromatic heterocycles. The van der Waals surface area contributed by atoms with Gasteiger partial charge in [-0.3, -0.25) is 0 Å². The van der Waals surface area contributed by atoms with Crippen molar-refractivity contribution >= 4 is 24.2 Å². The van der Waals surface area contributed by atoms with Gasteiger partial charge in [-0.2, -0.15) is 0 Å². The molecule has 0 atom stereocenters. The first-order valence-corrected chi connectivity index (χ1v) is 7.19. The lowest BCUT2D eigenvalue weighted by Gasteiger charge is -2.24. The maximum Gasteiger partial charge on any atom is 0.493 e. The Labute approximate surface area is 124 Å². The number of hydrogen-bond donors (Lipinski definition) is 0. The predicted molar refractivity (Wildman–Crippen MR) is 83.3 cm³/mol. The van der Waals surface area contributed by atoms with E-state index >= 15 is 0 Å². The molecule has 0 radical (unpaired) electrons. The van der Waals surface area contributed by atoms with Crippen molar-refractivity contribution < 1.29 is 9.31 Å². The summed E-state index contributed by atoms with van der Waals surface area (Å²) in [5, 5.41) is 0.753. The molecular weight excluding hydrogens is 270 g/mol. The molecule has 0 N–H and O–H groups in total. The lowest BCUT2D eigenvalue weighted by atomic mass is 9.77. The minimum absolute atomic E-state index is 0.231. The smallest absolute Gasteiger partial charge is 0.407 e. The number of rotatable bonds is 2. The molecule has 0 unspecified atom stereocenters. The van der Waals surface area contributed by atoms with Gasteiger partial charge in [0.1, 0.15) is 0 Å². The van der Waals surface area contributed by atoms with E-state index in [2.05, 4.69) is 31.2 Å². The van der Waals surface area contributed by atoms with Gasteiger partial charge >= 0.3 is 7.12 Å². The molecule has 1 aliphatic rings. The van der Waals surface area contributed by atoms with Crippen LogP contribution in [0.5, 0.6) is 0 Å². The van der Waals surface area contributed by atoms with Gasteiger partial charge in [0, 0.05) is 18.2 Å². The molecule has 0 aliphatic carbocycles. The van der Waals surface area contributed by atoms with E-state index in [4.69, 9.17) is 20.9 Å². The van der Waals surface area contributed by atoms with Gasteiger partial charge in [0.2, 0.25) is 0 Å². The Morgan fingerprint density at radius 2 is 1.40 bits per heavy atom.